The molecule has 1 N–H and O–H groups in total. The van der Waals surface area contributed by atoms with Crippen molar-refractivity contribution in [3.8, 4) is 0 Å². The summed E-state index contributed by atoms with van der Waals surface area (Å²) in [5.74, 6) is 0.792. The van der Waals surface area contributed by atoms with Gasteiger partial charge in [-0.05, 0) is 12.5 Å². The van der Waals surface area contributed by atoms with Crippen LogP contribution in [0.4, 0.5) is 0 Å². The zero-order valence-electron chi connectivity index (χ0n) is 8.62. The van der Waals surface area contributed by atoms with Crippen molar-refractivity contribution in [2.75, 3.05) is 32.8 Å². The van der Waals surface area contributed by atoms with Crippen molar-refractivity contribution in [3.63, 3.8) is 0 Å². The van der Waals surface area contributed by atoms with Crippen LogP contribution in [0.3, 0.4) is 0 Å². The first kappa shape index (κ1) is 9.44. The molecule has 0 radical (unpaired) electrons. The molecule has 3 nitrogen and oxygen atoms in total. The Kier molecular flexibility index (Phi) is 2.86. The van der Waals surface area contributed by atoms with Crippen LogP contribution >= 0.6 is 0 Å². The Labute approximate surface area is 80.4 Å². The van der Waals surface area contributed by atoms with Crippen LogP contribution in [-0.4, -0.2) is 49.8 Å². The van der Waals surface area contributed by atoms with Crippen LogP contribution < -0.4 is 5.32 Å². The van der Waals surface area contributed by atoms with Gasteiger partial charge in [-0.1, -0.05) is 13.8 Å². The Bertz CT molecular complexity index is 170. The van der Waals surface area contributed by atoms with E-state index in [0.29, 0.717) is 12.1 Å². The van der Waals surface area contributed by atoms with Crippen molar-refractivity contribution < 1.29 is 4.74 Å². The number of nitrogens with one attached hydrogen (secondary N) is 1. The van der Waals surface area contributed by atoms with Crippen LogP contribution in [0.1, 0.15) is 13.8 Å². The van der Waals surface area contributed by atoms with Gasteiger partial charge in [-0.2, -0.15) is 0 Å². The van der Waals surface area contributed by atoms with E-state index in [-0.39, 0.29) is 0 Å². The first-order chi connectivity index (χ1) is 6.29. The van der Waals surface area contributed by atoms with Crippen molar-refractivity contribution in [1.29, 1.82) is 0 Å². The van der Waals surface area contributed by atoms with E-state index in [4.69, 9.17) is 4.74 Å². The van der Waals surface area contributed by atoms with Gasteiger partial charge in [0.05, 0.1) is 19.3 Å². The van der Waals surface area contributed by atoms with Crippen molar-refractivity contribution in [1.82, 2.24) is 10.2 Å². The Hall–Kier alpha value is -0.120. The van der Waals surface area contributed by atoms with Crippen molar-refractivity contribution in [2.24, 2.45) is 5.92 Å². The molecule has 3 heteroatoms. The Morgan fingerprint density at radius 1 is 1.38 bits per heavy atom. The van der Waals surface area contributed by atoms with Crippen molar-refractivity contribution in [3.05, 3.63) is 0 Å². The van der Waals surface area contributed by atoms with Crippen LogP contribution in [-0.2, 0) is 4.74 Å². The molecular weight excluding hydrogens is 164 g/mol. The summed E-state index contributed by atoms with van der Waals surface area (Å²) in [6.45, 7) is 10.1. The molecule has 2 aliphatic heterocycles. The summed E-state index contributed by atoms with van der Waals surface area (Å²) < 4.78 is 5.16. The van der Waals surface area contributed by atoms with E-state index in [1.54, 1.807) is 0 Å². The highest BCUT2D eigenvalue weighted by Crippen LogP contribution is 2.17. The van der Waals surface area contributed by atoms with E-state index < -0.39 is 0 Å². The van der Waals surface area contributed by atoms with Gasteiger partial charge in [-0.3, -0.25) is 0 Å². The minimum absolute atomic E-state index is 0.629. The molecule has 0 aromatic carbocycles. The molecule has 76 valence electrons. The van der Waals surface area contributed by atoms with E-state index in [0.717, 1.165) is 19.1 Å². The zero-order chi connectivity index (χ0) is 9.26. The molecule has 0 aromatic heterocycles. The molecule has 0 bridgehead atoms. The second-order valence-electron chi connectivity index (χ2n) is 4.34. The average molecular weight is 184 g/mol. The molecule has 2 unspecified atom stereocenters. The summed E-state index contributed by atoms with van der Waals surface area (Å²) >= 11 is 0. The van der Waals surface area contributed by atoms with Gasteiger partial charge in [0.15, 0.2) is 0 Å². The molecule has 0 saturated carbocycles. The van der Waals surface area contributed by atoms with Crippen LogP contribution in [0.5, 0.6) is 0 Å². The van der Waals surface area contributed by atoms with Gasteiger partial charge >= 0.3 is 0 Å². The molecule has 0 aromatic rings. The summed E-state index contributed by atoms with van der Waals surface area (Å²) in [6.07, 6.45) is 0. The topological polar surface area (TPSA) is 24.5 Å². The Morgan fingerprint density at radius 2 is 2.15 bits per heavy atom. The van der Waals surface area contributed by atoms with Crippen LogP contribution in [0.2, 0.25) is 0 Å². The Morgan fingerprint density at radius 3 is 2.62 bits per heavy atom. The monoisotopic (exact) mass is 184 g/mol. The number of hydrogen-bond donors (Lipinski definition) is 1. The standard InChI is InChI=1S/C10H20N2O/c1-3-12-4-8(2)10(5-12)11-9-6-13-7-9/h8-11H,3-7H2,1-2H3. The van der Waals surface area contributed by atoms with Crippen LogP contribution in [0.25, 0.3) is 0 Å². The first-order valence-electron chi connectivity index (χ1n) is 5.35. The minimum Gasteiger partial charge on any atom is -0.378 e. The lowest BCUT2D eigenvalue weighted by Gasteiger charge is -2.31. The molecule has 2 fully saturated rings. The summed E-state index contributed by atoms with van der Waals surface area (Å²) in [5, 5.41) is 3.66. The molecule has 0 spiro atoms. The molecule has 2 atom stereocenters. The molecule has 2 heterocycles. The fourth-order valence-electron chi connectivity index (χ4n) is 2.18. The largest absolute Gasteiger partial charge is 0.378 e. The summed E-state index contributed by atoms with van der Waals surface area (Å²) in [6, 6.07) is 1.32. The number of nitrogens with zero attached hydrogens (tertiary/aromatic N) is 1. The van der Waals surface area contributed by atoms with Gasteiger partial charge in [0.1, 0.15) is 0 Å². The highest BCUT2D eigenvalue weighted by Gasteiger charge is 2.31. The second-order valence-corrected chi connectivity index (χ2v) is 4.34. The fourth-order valence-corrected chi connectivity index (χ4v) is 2.18. The predicted octanol–water partition coefficient (Wildman–Crippen LogP) is 0.315. The summed E-state index contributed by atoms with van der Waals surface area (Å²) in [5.41, 5.74) is 0. The second kappa shape index (κ2) is 3.95. The summed E-state index contributed by atoms with van der Waals surface area (Å²) in [7, 11) is 0. The minimum atomic E-state index is 0.629. The maximum Gasteiger partial charge on any atom is 0.0643 e. The lowest BCUT2D eigenvalue weighted by Crippen LogP contribution is -2.52. The molecular formula is C10H20N2O. The fraction of sp³-hybridized carbons (Fsp3) is 1.00. The van der Waals surface area contributed by atoms with Gasteiger partial charge < -0.3 is 15.0 Å². The van der Waals surface area contributed by atoms with Crippen molar-refractivity contribution in [2.45, 2.75) is 25.9 Å². The van der Waals surface area contributed by atoms with Gasteiger partial charge in [0.2, 0.25) is 0 Å². The molecule has 0 amide bonds. The molecule has 2 aliphatic rings. The van der Waals surface area contributed by atoms with E-state index >= 15 is 0 Å². The highest BCUT2D eigenvalue weighted by atomic mass is 16.5. The van der Waals surface area contributed by atoms with Crippen molar-refractivity contribution >= 4 is 0 Å². The lowest BCUT2D eigenvalue weighted by atomic mass is 10.1. The number of hydrogen-bond acceptors (Lipinski definition) is 3. The lowest BCUT2D eigenvalue weighted by molar-refractivity contribution is -0.0110. The average Bonchev–Trinajstić information content (AvgIpc) is 2.39. The maximum absolute atomic E-state index is 5.16. The predicted molar refractivity (Wildman–Crippen MR) is 52.8 cm³/mol. The molecule has 13 heavy (non-hydrogen) atoms. The summed E-state index contributed by atoms with van der Waals surface area (Å²) in [4.78, 5) is 2.52. The van der Waals surface area contributed by atoms with Gasteiger partial charge in [-0.15, -0.1) is 0 Å². The van der Waals surface area contributed by atoms with E-state index in [1.807, 2.05) is 0 Å². The Balaban J connectivity index is 1.78. The van der Waals surface area contributed by atoms with Gasteiger partial charge in [0.25, 0.3) is 0 Å². The quantitative estimate of drug-likeness (QED) is 0.683. The van der Waals surface area contributed by atoms with Crippen LogP contribution in [0, 0.1) is 5.92 Å². The third-order valence-electron chi connectivity index (χ3n) is 3.22. The smallest absolute Gasteiger partial charge is 0.0643 e. The van der Waals surface area contributed by atoms with E-state index in [2.05, 4.69) is 24.1 Å². The molecule has 2 saturated heterocycles. The number of ether oxygens (including phenoxy) is 1. The third-order valence-corrected chi connectivity index (χ3v) is 3.22. The van der Waals surface area contributed by atoms with Gasteiger partial charge in [0, 0.05) is 19.1 Å². The van der Waals surface area contributed by atoms with Crippen LogP contribution in [0.15, 0.2) is 0 Å². The number of rotatable bonds is 3. The van der Waals surface area contributed by atoms with Gasteiger partial charge in [-0.25, -0.2) is 0 Å². The normalized spacial score (nSPS) is 36.5. The zero-order valence-corrected chi connectivity index (χ0v) is 8.62. The molecule has 2 rings (SSSR count). The van der Waals surface area contributed by atoms with E-state index in [1.165, 1.54) is 19.6 Å². The maximum atomic E-state index is 5.16. The first-order valence-corrected chi connectivity index (χ1v) is 5.35. The molecule has 0 aliphatic carbocycles. The SMILES string of the molecule is CCN1CC(C)C(NC2COC2)C1. The van der Waals surface area contributed by atoms with E-state index in [9.17, 15) is 0 Å². The number of likely N-dealkylation sites (tertiary alicyclic amines) is 1. The third kappa shape index (κ3) is 2.03. The highest BCUT2D eigenvalue weighted by molar-refractivity contribution is 4.89. The number of likely N-dealkylation sites (N-methyl/N-ethyl adjacent to an activating group) is 1.